The summed E-state index contributed by atoms with van der Waals surface area (Å²) in [4.78, 5) is 1.78. The Morgan fingerprint density at radius 2 is 2.00 bits per heavy atom. The predicted molar refractivity (Wildman–Crippen MR) is 45.5 cm³/mol. The van der Waals surface area contributed by atoms with Gasteiger partial charge in [0.25, 0.3) is 0 Å². The minimum Gasteiger partial charge on any atom is -0.408 e. The maximum atomic E-state index is 8.37. The van der Waals surface area contributed by atoms with Gasteiger partial charge in [-0.05, 0) is 12.8 Å². The second kappa shape index (κ2) is 4.82. The van der Waals surface area contributed by atoms with E-state index in [2.05, 4.69) is 19.0 Å². The van der Waals surface area contributed by atoms with Gasteiger partial charge >= 0.3 is 0 Å². The highest BCUT2D eigenvalue weighted by atomic mass is 16.4. The molecule has 3 N–H and O–H groups in total. The molecule has 4 nitrogen and oxygen atoms in total. The van der Waals surface area contributed by atoms with Gasteiger partial charge in [0.2, 0.25) is 5.96 Å². The quantitative estimate of drug-likeness (QED) is 0.277. The monoisotopic (exact) mass is 159 g/mol. The summed E-state index contributed by atoms with van der Waals surface area (Å²) in [7, 11) is 1.83. The minimum atomic E-state index is 0.179. The van der Waals surface area contributed by atoms with E-state index in [-0.39, 0.29) is 5.96 Å². The van der Waals surface area contributed by atoms with E-state index >= 15 is 0 Å². The summed E-state index contributed by atoms with van der Waals surface area (Å²) in [6.45, 7) is 4.16. The molecule has 0 aliphatic carbocycles. The van der Waals surface area contributed by atoms with E-state index in [4.69, 9.17) is 10.9 Å². The van der Waals surface area contributed by atoms with Gasteiger partial charge in [-0.3, -0.25) is 0 Å². The van der Waals surface area contributed by atoms with Crippen LogP contribution in [0, 0.1) is 0 Å². The predicted octanol–water partition coefficient (Wildman–Crippen LogP) is 0.811. The number of nitrogens with two attached hydrogens (primary N) is 1. The zero-order valence-electron chi connectivity index (χ0n) is 7.41. The molecule has 0 unspecified atom stereocenters. The van der Waals surface area contributed by atoms with Gasteiger partial charge in [-0.25, -0.2) is 0 Å². The average Bonchev–Trinajstić information content (AvgIpc) is 2.05. The van der Waals surface area contributed by atoms with Crippen LogP contribution in [0.1, 0.15) is 26.7 Å². The smallest absolute Gasteiger partial charge is 0.233 e. The highest BCUT2D eigenvalue weighted by molar-refractivity contribution is 5.77. The maximum absolute atomic E-state index is 8.37. The van der Waals surface area contributed by atoms with Gasteiger partial charge < -0.3 is 15.8 Å². The van der Waals surface area contributed by atoms with Crippen LogP contribution in [0.3, 0.4) is 0 Å². The lowest BCUT2D eigenvalue weighted by molar-refractivity contribution is 0.283. The van der Waals surface area contributed by atoms with Gasteiger partial charge in [-0.1, -0.05) is 19.0 Å². The van der Waals surface area contributed by atoms with Crippen LogP contribution in [-0.4, -0.2) is 29.2 Å². The van der Waals surface area contributed by atoms with Crippen LogP contribution >= 0.6 is 0 Å². The summed E-state index contributed by atoms with van der Waals surface area (Å²) in [5, 5.41) is 11.3. The molecular weight excluding hydrogens is 142 g/mol. The summed E-state index contributed by atoms with van der Waals surface area (Å²) in [6, 6.07) is 0.367. The second-order valence-electron chi connectivity index (χ2n) is 2.54. The van der Waals surface area contributed by atoms with Crippen LogP contribution in [0.25, 0.3) is 0 Å². The number of nitrogens with zero attached hydrogens (tertiary/aromatic N) is 2. The van der Waals surface area contributed by atoms with E-state index in [1.54, 1.807) is 4.90 Å². The van der Waals surface area contributed by atoms with Crippen LogP contribution in [0.2, 0.25) is 0 Å². The van der Waals surface area contributed by atoms with Crippen LogP contribution in [0.4, 0.5) is 0 Å². The van der Waals surface area contributed by atoms with Crippen molar-refractivity contribution >= 4 is 5.96 Å². The van der Waals surface area contributed by atoms with Gasteiger partial charge in [0.1, 0.15) is 0 Å². The molecule has 0 aromatic heterocycles. The van der Waals surface area contributed by atoms with Crippen molar-refractivity contribution in [1.82, 2.24) is 4.90 Å². The largest absolute Gasteiger partial charge is 0.408 e. The Hall–Kier alpha value is -0.930. The summed E-state index contributed by atoms with van der Waals surface area (Å²) >= 11 is 0. The first-order chi connectivity index (χ1) is 5.17. The van der Waals surface area contributed by atoms with E-state index in [0.717, 1.165) is 12.8 Å². The molecule has 0 aromatic carbocycles. The van der Waals surface area contributed by atoms with Crippen LogP contribution in [0.5, 0.6) is 0 Å². The van der Waals surface area contributed by atoms with E-state index in [0.29, 0.717) is 6.04 Å². The lowest BCUT2D eigenvalue weighted by Gasteiger charge is -2.25. The van der Waals surface area contributed by atoms with Crippen molar-refractivity contribution in [3.05, 3.63) is 0 Å². The summed E-state index contributed by atoms with van der Waals surface area (Å²) in [5.41, 5.74) is 5.39. The van der Waals surface area contributed by atoms with Crippen LogP contribution in [-0.2, 0) is 0 Å². The highest BCUT2D eigenvalue weighted by Gasteiger charge is 2.11. The molecule has 11 heavy (non-hydrogen) atoms. The third kappa shape index (κ3) is 2.65. The molecule has 0 heterocycles. The molecule has 0 aromatic rings. The molecule has 0 radical (unpaired) electrons. The standard InChI is InChI=1S/C7H17N3O/c1-4-6(5-2)10(3)7(8)9-11/h6,11H,4-5H2,1-3H3,(H2,8,9). The maximum Gasteiger partial charge on any atom is 0.233 e. The summed E-state index contributed by atoms with van der Waals surface area (Å²) in [6.07, 6.45) is 2.01. The van der Waals surface area contributed by atoms with Crippen molar-refractivity contribution in [3.8, 4) is 0 Å². The molecule has 0 amide bonds. The number of guanidine groups is 1. The van der Waals surface area contributed by atoms with Crippen molar-refractivity contribution in [2.24, 2.45) is 10.9 Å². The topological polar surface area (TPSA) is 61.8 Å². The van der Waals surface area contributed by atoms with Crippen LogP contribution < -0.4 is 5.73 Å². The zero-order chi connectivity index (χ0) is 8.85. The summed E-state index contributed by atoms with van der Waals surface area (Å²) < 4.78 is 0. The number of rotatable bonds is 3. The third-order valence-corrected chi connectivity index (χ3v) is 1.95. The van der Waals surface area contributed by atoms with E-state index in [9.17, 15) is 0 Å². The Morgan fingerprint density at radius 3 is 2.27 bits per heavy atom. The molecule has 0 fully saturated rings. The van der Waals surface area contributed by atoms with Crippen LogP contribution in [0.15, 0.2) is 5.16 Å². The molecule has 0 atom stereocenters. The SMILES string of the molecule is CCC(CC)N(C)/C(N)=N/O. The lowest BCUT2D eigenvalue weighted by Crippen LogP contribution is -2.41. The summed E-state index contributed by atoms with van der Waals surface area (Å²) in [5.74, 6) is 0.179. The molecule has 0 saturated heterocycles. The zero-order valence-corrected chi connectivity index (χ0v) is 7.41. The van der Waals surface area contributed by atoms with Crippen molar-refractivity contribution in [1.29, 1.82) is 0 Å². The Labute approximate surface area is 67.7 Å². The molecule has 4 heteroatoms. The van der Waals surface area contributed by atoms with Gasteiger partial charge in [0.05, 0.1) is 0 Å². The molecular formula is C7H17N3O. The van der Waals surface area contributed by atoms with Crippen molar-refractivity contribution in [2.75, 3.05) is 7.05 Å². The molecule has 0 bridgehead atoms. The molecule has 0 aliphatic rings. The van der Waals surface area contributed by atoms with E-state index in [1.165, 1.54) is 0 Å². The van der Waals surface area contributed by atoms with E-state index in [1.807, 2.05) is 7.05 Å². The Bertz CT molecular complexity index is 132. The minimum absolute atomic E-state index is 0.179. The van der Waals surface area contributed by atoms with Crippen molar-refractivity contribution in [3.63, 3.8) is 0 Å². The molecule has 0 aliphatic heterocycles. The molecule has 0 saturated carbocycles. The fourth-order valence-electron chi connectivity index (χ4n) is 1.09. The van der Waals surface area contributed by atoms with Gasteiger partial charge in [-0.15, -0.1) is 0 Å². The van der Waals surface area contributed by atoms with Gasteiger partial charge in [0.15, 0.2) is 0 Å². The fourth-order valence-corrected chi connectivity index (χ4v) is 1.09. The fraction of sp³-hybridized carbons (Fsp3) is 0.857. The first-order valence-corrected chi connectivity index (χ1v) is 3.87. The van der Waals surface area contributed by atoms with Gasteiger partial charge in [-0.2, -0.15) is 0 Å². The number of hydrogen-bond donors (Lipinski definition) is 2. The Balaban J connectivity index is 4.08. The number of oxime groups is 1. The van der Waals surface area contributed by atoms with E-state index < -0.39 is 0 Å². The average molecular weight is 159 g/mol. The Morgan fingerprint density at radius 1 is 1.55 bits per heavy atom. The molecule has 0 rings (SSSR count). The second-order valence-corrected chi connectivity index (χ2v) is 2.54. The van der Waals surface area contributed by atoms with Crippen molar-refractivity contribution in [2.45, 2.75) is 32.7 Å². The number of hydrogen-bond acceptors (Lipinski definition) is 2. The molecule has 66 valence electrons. The first kappa shape index (κ1) is 10.1. The lowest BCUT2D eigenvalue weighted by atomic mass is 10.1. The Kier molecular flexibility index (Phi) is 4.41. The van der Waals surface area contributed by atoms with Crippen molar-refractivity contribution < 1.29 is 5.21 Å². The third-order valence-electron chi connectivity index (χ3n) is 1.95. The normalized spacial score (nSPS) is 12.2. The highest BCUT2D eigenvalue weighted by Crippen LogP contribution is 2.04. The first-order valence-electron chi connectivity index (χ1n) is 3.87. The molecule has 0 spiro atoms. The van der Waals surface area contributed by atoms with Gasteiger partial charge in [0, 0.05) is 13.1 Å².